The van der Waals surface area contributed by atoms with E-state index in [4.69, 9.17) is 0 Å². The number of nitrogens with one attached hydrogen (secondary N) is 2. The summed E-state index contributed by atoms with van der Waals surface area (Å²) in [7, 11) is 1.22. The average molecular weight is 419 g/mol. The number of hydrogen-bond acceptors (Lipinski definition) is 6. The Morgan fingerprint density at radius 2 is 1.55 bits per heavy atom. The average Bonchev–Trinajstić information content (AvgIpc) is 2.81. The van der Waals surface area contributed by atoms with Crippen LogP contribution in [0.2, 0.25) is 0 Å². The van der Waals surface area contributed by atoms with Crippen molar-refractivity contribution >= 4 is 17.7 Å². The summed E-state index contributed by atoms with van der Waals surface area (Å²) in [6.45, 7) is 0. The van der Waals surface area contributed by atoms with Gasteiger partial charge in [-0.1, -0.05) is 60.7 Å². The highest BCUT2D eigenvalue weighted by Crippen LogP contribution is 2.22. The zero-order valence-corrected chi connectivity index (χ0v) is 16.8. The maximum atomic E-state index is 12.8. The second-order valence-corrected chi connectivity index (χ2v) is 6.70. The highest BCUT2D eigenvalue weighted by molar-refractivity contribution is 5.96. The Balaban J connectivity index is 1.80. The molecule has 0 saturated heterocycles. The third kappa shape index (κ3) is 5.51. The van der Waals surface area contributed by atoms with Crippen LogP contribution in [-0.4, -0.2) is 34.7 Å². The molecule has 0 aliphatic carbocycles. The van der Waals surface area contributed by atoms with Gasteiger partial charge in [0, 0.05) is 12.6 Å². The fraction of sp³-hybridized carbons (Fsp3) is 0.174. The lowest BCUT2D eigenvalue weighted by Gasteiger charge is -2.19. The van der Waals surface area contributed by atoms with E-state index < -0.39 is 29.3 Å². The molecule has 1 heterocycles. The second kappa shape index (κ2) is 10.1. The lowest BCUT2D eigenvalue weighted by Crippen LogP contribution is -2.34. The van der Waals surface area contributed by atoms with Crippen molar-refractivity contribution in [3.05, 3.63) is 99.7 Å². The molecule has 31 heavy (non-hydrogen) atoms. The Labute approximate surface area is 178 Å². The summed E-state index contributed by atoms with van der Waals surface area (Å²) < 4.78 is 4.48. The molecule has 0 atom stereocenters. The van der Waals surface area contributed by atoms with Crippen molar-refractivity contribution in [3.63, 3.8) is 0 Å². The Morgan fingerprint density at radius 3 is 2.06 bits per heavy atom. The van der Waals surface area contributed by atoms with E-state index >= 15 is 0 Å². The highest BCUT2D eigenvalue weighted by atomic mass is 16.5. The van der Waals surface area contributed by atoms with Gasteiger partial charge in [0.05, 0.1) is 19.6 Å². The quantitative estimate of drug-likeness (QED) is 0.428. The number of carbonyl (C=O) groups excluding carboxylic acids is 3. The van der Waals surface area contributed by atoms with Crippen molar-refractivity contribution in [2.75, 3.05) is 7.11 Å². The maximum absolute atomic E-state index is 12.8. The van der Waals surface area contributed by atoms with Crippen LogP contribution in [0.15, 0.2) is 71.7 Å². The van der Waals surface area contributed by atoms with Crippen LogP contribution in [0.4, 0.5) is 0 Å². The summed E-state index contributed by atoms with van der Waals surface area (Å²) in [5, 5.41) is 2.86. The van der Waals surface area contributed by atoms with Crippen LogP contribution >= 0.6 is 0 Å². The molecule has 0 spiro atoms. The van der Waals surface area contributed by atoms with Crippen LogP contribution < -0.4 is 10.9 Å². The van der Waals surface area contributed by atoms with E-state index in [0.717, 1.165) is 17.3 Å². The molecular weight excluding hydrogens is 398 g/mol. The molecule has 0 fully saturated rings. The van der Waals surface area contributed by atoms with Gasteiger partial charge in [0.2, 0.25) is 0 Å². The number of ether oxygens (including phenoxy) is 1. The first kappa shape index (κ1) is 21.6. The van der Waals surface area contributed by atoms with Crippen molar-refractivity contribution in [1.82, 2.24) is 15.3 Å². The maximum Gasteiger partial charge on any atom is 0.305 e. The van der Waals surface area contributed by atoms with Gasteiger partial charge in [-0.15, -0.1) is 0 Å². The molecule has 158 valence electrons. The van der Waals surface area contributed by atoms with Gasteiger partial charge in [-0.25, -0.2) is 4.98 Å². The molecule has 2 N–H and O–H groups in total. The van der Waals surface area contributed by atoms with Crippen LogP contribution in [0.1, 0.15) is 51.0 Å². The monoisotopic (exact) mass is 419 g/mol. The van der Waals surface area contributed by atoms with Crippen LogP contribution in [-0.2, 0) is 9.53 Å². The third-order valence-electron chi connectivity index (χ3n) is 4.63. The van der Waals surface area contributed by atoms with Crippen molar-refractivity contribution in [2.24, 2.45) is 0 Å². The largest absolute Gasteiger partial charge is 0.469 e. The Bertz CT molecular complexity index is 1090. The van der Waals surface area contributed by atoms with Gasteiger partial charge in [0.1, 0.15) is 5.56 Å². The van der Waals surface area contributed by atoms with Gasteiger partial charge < -0.3 is 15.0 Å². The molecule has 1 aromatic heterocycles. The van der Waals surface area contributed by atoms with Crippen molar-refractivity contribution in [3.8, 4) is 0 Å². The predicted octanol–water partition coefficient (Wildman–Crippen LogP) is 2.43. The molecule has 1 amide bonds. The van der Waals surface area contributed by atoms with Crippen molar-refractivity contribution < 1.29 is 19.1 Å². The lowest BCUT2D eigenvalue weighted by atomic mass is 9.98. The van der Waals surface area contributed by atoms with Gasteiger partial charge >= 0.3 is 5.97 Å². The SMILES string of the molecule is COC(=O)CCC(=O)c1ncc(C(=O)NC(c2ccccc2)c2ccccc2)c(=O)[nH]1. The molecular formula is C23H21N3O5. The number of rotatable bonds is 8. The first-order valence-corrected chi connectivity index (χ1v) is 9.59. The van der Waals surface area contributed by atoms with E-state index in [0.29, 0.717) is 0 Å². The number of benzene rings is 2. The molecule has 3 aromatic rings. The summed E-state index contributed by atoms with van der Waals surface area (Å²) >= 11 is 0. The number of hydrogen-bond donors (Lipinski definition) is 2. The zero-order chi connectivity index (χ0) is 22.2. The minimum absolute atomic E-state index is 0.128. The van der Waals surface area contributed by atoms with E-state index in [1.165, 1.54) is 7.11 Å². The fourth-order valence-corrected chi connectivity index (χ4v) is 2.99. The number of ketones is 1. The normalized spacial score (nSPS) is 10.5. The number of H-pyrrole nitrogens is 1. The molecule has 2 aromatic carbocycles. The molecule has 0 aliphatic heterocycles. The Hall–Kier alpha value is -4.07. The molecule has 0 unspecified atom stereocenters. The second-order valence-electron chi connectivity index (χ2n) is 6.70. The molecule has 0 aliphatic rings. The Kier molecular flexibility index (Phi) is 7.05. The molecule has 8 nitrogen and oxygen atoms in total. The highest BCUT2D eigenvalue weighted by Gasteiger charge is 2.21. The summed E-state index contributed by atoms with van der Waals surface area (Å²) in [6, 6.07) is 18.2. The molecule has 0 bridgehead atoms. The third-order valence-corrected chi connectivity index (χ3v) is 4.63. The van der Waals surface area contributed by atoms with E-state index in [-0.39, 0.29) is 24.2 Å². The number of methoxy groups -OCH3 is 1. The number of aromatic amines is 1. The van der Waals surface area contributed by atoms with E-state index in [1.54, 1.807) is 0 Å². The first-order valence-electron chi connectivity index (χ1n) is 9.59. The number of aromatic nitrogens is 2. The minimum Gasteiger partial charge on any atom is -0.469 e. The summed E-state index contributed by atoms with van der Waals surface area (Å²) in [5.41, 5.74) is 0.734. The fourth-order valence-electron chi connectivity index (χ4n) is 2.99. The number of carbonyl (C=O) groups is 3. The number of esters is 1. The van der Waals surface area contributed by atoms with Crippen LogP contribution in [0.5, 0.6) is 0 Å². The van der Waals surface area contributed by atoms with Gasteiger partial charge in [-0.05, 0) is 11.1 Å². The summed E-state index contributed by atoms with van der Waals surface area (Å²) in [4.78, 5) is 54.8. The minimum atomic E-state index is -0.742. The van der Waals surface area contributed by atoms with Gasteiger partial charge in [-0.3, -0.25) is 19.2 Å². The van der Waals surface area contributed by atoms with Crippen LogP contribution in [0.3, 0.4) is 0 Å². The first-order chi connectivity index (χ1) is 15.0. The summed E-state index contributed by atoms with van der Waals surface area (Å²) in [6.07, 6.45) is 0.773. The number of Topliss-reactive ketones (excluding diaryl/α,β-unsaturated/α-hetero) is 1. The topological polar surface area (TPSA) is 118 Å². The van der Waals surface area contributed by atoms with E-state index in [1.807, 2.05) is 60.7 Å². The molecule has 8 heteroatoms. The van der Waals surface area contributed by atoms with Crippen LogP contribution in [0, 0.1) is 0 Å². The molecule has 0 saturated carbocycles. The zero-order valence-electron chi connectivity index (χ0n) is 16.8. The number of nitrogens with zero attached hydrogens (tertiary/aromatic N) is 1. The van der Waals surface area contributed by atoms with E-state index in [9.17, 15) is 19.2 Å². The summed E-state index contributed by atoms with van der Waals surface area (Å²) in [5.74, 6) is -1.91. The van der Waals surface area contributed by atoms with Gasteiger partial charge in [0.25, 0.3) is 11.5 Å². The standard InChI is InChI=1S/C23H21N3O5/c1-31-19(28)13-12-18(27)21-24-14-17(23(30)26-21)22(29)25-20(15-8-4-2-5-9-15)16-10-6-3-7-11-16/h2-11,14,20H,12-13H2,1H3,(H,25,29)(H,24,26,30). The predicted molar refractivity (Wildman–Crippen MR) is 113 cm³/mol. The van der Waals surface area contributed by atoms with Gasteiger partial charge in [0.15, 0.2) is 11.6 Å². The molecule has 0 radical (unpaired) electrons. The van der Waals surface area contributed by atoms with Gasteiger partial charge in [-0.2, -0.15) is 0 Å². The number of amides is 1. The molecule has 3 rings (SSSR count). The lowest BCUT2D eigenvalue weighted by molar-refractivity contribution is -0.140. The van der Waals surface area contributed by atoms with Crippen LogP contribution in [0.25, 0.3) is 0 Å². The van der Waals surface area contributed by atoms with Crippen molar-refractivity contribution in [1.29, 1.82) is 0 Å². The van der Waals surface area contributed by atoms with Crippen molar-refractivity contribution in [2.45, 2.75) is 18.9 Å². The van der Waals surface area contributed by atoms with E-state index in [2.05, 4.69) is 20.0 Å². The smallest absolute Gasteiger partial charge is 0.305 e. The Morgan fingerprint density at radius 1 is 0.968 bits per heavy atom.